The summed E-state index contributed by atoms with van der Waals surface area (Å²) in [6.07, 6.45) is 2.01. The molecule has 0 atom stereocenters. The molecular weight excluding hydrogens is 502 g/mol. The second kappa shape index (κ2) is 9.41. The van der Waals surface area contributed by atoms with E-state index in [0.29, 0.717) is 35.7 Å². The third-order valence-electron chi connectivity index (χ3n) is 6.47. The van der Waals surface area contributed by atoms with Crippen molar-refractivity contribution in [3.63, 3.8) is 0 Å². The minimum atomic E-state index is -0.392. The number of fused-ring (bicyclic) bond motifs is 3. The Hall–Kier alpha value is -3.96. The molecule has 11 heteroatoms. The molecule has 1 fully saturated rings. The number of carbonyl (C=O) groups excluding carboxylic acids is 1. The van der Waals surface area contributed by atoms with Gasteiger partial charge in [0.15, 0.2) is 10.8 Å². The maximum Gasteiger partial charge on any atom is 0.324 e. The summed E-state index contributed by atoms with van der Waals surface area (Å²) in [7, 11) is 2.12. The molecule has 38 heavy (non-hydrogen) atoms. The summed E-state index contributed by atoms with van der Waals surface area (Å²) in [6, 6.07) is 12.8. The van der Waals surface area contributed by atoms with E-state index in [2.05, 4.69) is 37.1 Å². The Kier molecular flexibility index (Phi) is 6.04. The van der Waals surface area contributed by atoms with Gasteiger partial charge in [0, 0.05) is 54.0 Å². The molecule has 5 heterocycles. The van der Waals surface area contributed by atoms with E-state index in [9.17, 15) is 4.79 Å². The molecule has 0 radical (unpaired) electrons. The first kappa shape index (κ1) is 24.4. The number of nitrogens with one attached hydrogen (secondary N) is 2. The smallest absolute Gasteiger partial charge is 0.324 e. The summed E-state index contributed by atoms with van der Waals surface area (Å²) in [5, 5.41) is 9.43. The number of amides is 2. The molecule has 4 aromatic heterocycles. The molecule has 10 nitrogen and oxygen atoms in total. The summed E-state index contributed by atoms with van der Waals surface area (Å²) in [4.78, 5) is 25.9. The number of likely N-dealkylation sites (tertiary alicyclic amines) is 1. The van der Waals surface area contributed by atoms with Crippen molar-refractivity contribution in [1.29, 1.82) is 0 Å². The number of anilines is 2. The Morgan fingerprint density at radius 2 is 1.92 bits per heavy atom. The summed E-state index contributed by atoms with van der Waals surface area (Å²) < 4.78 is 13.3. The minimum Gasteiger partial charge on any atom is -0.477 e. The standard InChI is InChI=1S/C27H29N7O3S/c1-27(2,3)21-11-22(32-37-21)30-25(35)28-18-7-5-17(6-8-18)19-14-34-20-9-10-23(31-24(20)38-26(34)29-19)36-15-16-12-33(4)13-16/h5-11,14,16H,12-13,15H2,1-4H3,(H2,28,30,32,35). The van der Waals surface area contributed by atoms with Gasteiger partial charge in [-0.2, -0.15) is 0 Å². The van der Waals surface area contributed by atoms with Gasteiger partial charge in [0.1, 0.15) is 10.6 Å². The van der Waals surface area contributed by atoms with E-state index in [1.807, 2.05) is 63.4 Å². The van der Waals surface area contributed by atoms with Gasteiger partial charge in [0.2, 0.25) is 5.88 Å². The third-order valence-corrected chi connectivity index (χ3v) is 7.44. The fourth-order valence-electron chi connectivity index (χ4n) is 4.42. The molecule has 196 valence electrons. The lowest BCUT2D eigenvalue weighted by molar-refractivity contribution is 0.0840. The van der Waals surface area contributed by atoms with Crippen LogP contribution in [-0.4, -0.2) is 57.2 Å². The van der Waals surface area contributed by atoms with Crippen LogP contribution in [0.1, 0.15) is 26.5 Å². The molecule has 0 spiro atoms. The van der Waals surface area contributed by atoms with Crippen molar-refractivity contribution < 1.29 is 14.1 Å². The second-order valence-corrected chi connectivity index (χ2v) is 11.7. The minimum absolute atomic E-state index is 0.187. The average Bonchev–Trinajstić information content (AvgIpc) is 3.56. The summed E-state index contributed by atoms with van der Waals surface area (Å²) in [5.41, 5.74) is 3.26. The van der Waals surface area contributed by atoms with Crippen molar-refractivity contribution >= 4 is 44.2 Å². The highest BCUT2D eigenvalue weighted by Gasteiger charge is 2.24. The fraction of sp³-hybridized carbons (Fsp3) is 0.333. The number of hydrogen-bond donors (Lipinski definition) is 2. The van der Waals surface area contributed by atoms with E-state index >= 15 is 0 Å². The van der Waals surface area contributed by atoms with E-state index in [4.69, 9.17) is 14.2 Å². The van der Waals surface area contributed by atoms with E-state index in [1.54, 1.807) is 6.07 Å². The lowest BCUT2D eigenvalue weighted by Gasteiger charge is -2.35. The number of thiazole rings is 1. The van der Waals surface area contributed by atoms with E-state index < -0.39 is 6.03 Å². The molecule has 1 aliphatic rings. The first-order chi connectivity index (χ1) is 18.2. The van der Waals surface area contributed by atoms with Crippen molar-refractivity contribution in [1.82, 2.24) is 24.4 Å². The van der Waals surface area contributed by atoms with Crippen molar-refractivity contribution in [3.05, 3.63) is 54.4 Å². The van der Waals surface area contributed by atoms with Crippen LogP contribution in [-0.2, 0) is 5.41 Å². The highest BCUT2D eigenvalue weighted by Crippen LogP contribution is 2.30. The van der Waals surface area contributed by atoms with Gasteiger partial charge in [0.25, 0.3) is 0 Å². The van der Waals surface area contributed by atoms with Crippen LogP contribution in [0.4, 0.5) is 16.3 Å². The third kappa shape index (κ3) is 4.94. The molecule has 1 saturated heterocycles. The Bertz CT molecular complexity index is 1610. The van der Waals surface area contributed by atoms with Crippen molar-refractivity contribution in [2.24, 2.45) is 5.92 Å². The van der Waals surface area contributed by atoms with Crippen LogP contribution >= 0.6 is 11.3 Å². The van der Waals surface area contributed by atoms with E-state index in [0.717, 1.165) is 39.7 Å². The molecule has 0 unspecified atom stereocenters. The summed E-state index contributed by atoms with van der Waals surface area (Å²) >= 11 is 1.53. The van der Waals surface area contributed by atoms with Gasteiger partial charge in [-0.25, -0.2) is 14.8 Å². The number of carbonyl (C=O) groups is 1. The number of rotatable bonds is 6. The number of ether oxygens (including phenoxy) is 1. The van der Waals surface area contributed by atoms with E-state index in [-0.39, 0.29) is 5.41 Å². The van der Waals surface area contributed by atoms with Crippen molar-refractivity contribution in [3.8, 4) is 17.1 Å². The molecule has 0 aliphatic carbocycles. The van der Waals surface area contributed by atoms with Crippen molar-refractivity contribution in [2.45, 2.75) is 26.2 Å². The molecule has 5 aromatic rings. The molecule has 1 aliphatic heterocycles. The maximum absolute atomic E-state index is 12.4. The Balaban J connectivity index is 1.11. The first-order valence-corrected chi connectivity index (χ1v) is 13.3. The van der Waals surface area contributed by atoms with Gasteiger partial charge in [0.05, 0.1) is 17.8 Å². The zero-order valence-corrected chi connectivity index (χ0v) is 22.5. The van der Waals surface area contributed by atoms with Crippen LogP contribution in [0.3, 0.4) is 0 Å². The van der Waals surface area contributed by atoms with Gasteiger partial charge >= 0.3 is 6.03 Å². The molecule has 0 bridgehead atoms. The molecule has 6 rings (SSSR count). The van der Waals surface area contributed by atoms with E-state index in [1.165, 1.54) is 11.3 Å². The monoisotopic (exact) mass is 531 g/mol. The van der Waals surface area contributed by atoms with Gasteiger partial charge in [-0.1, -0.05) is 49.4 Å². The highest BCUT2D eigenvalue weighted by atomic mass is 32.1. The predicted octanol–water partition coefficient (Wildman–Crippen LogP) is 5.48. The number of nitrogens with zero attached hydrogens (tertiary/aromatic N) is 5. The zero-order chi connectivity index (χ0) is 26.4. The zero-order valence-electron chi connectivity index (χ0n) is 21.7. The average molecular weight is 532 g/mol. The molecule has 2 amide bonds. The molecule has 0 saturated carbocycles. The number of benzene rings is 1. The second-order valence-electron chi connectivity index (χ2n) is 10.7. The Labute approximate surface area is 223 Å². The van der Waals surface area contributed by atoms with Crippen molar-refractivity contribution in [2.75, 3.05) is 37.4 Å². The summed E-state index contributed by atoms with van der Waals surface area (Å²) in [6.45, 7) is 8.89. The molecular formula is C27H29N7O3S. The largest absolute Gasteiger partial charge is 0.477 e. The van der Waals surface area contributed by atoms with Crippen LogP contribution in [0.25, 0.3) is 26.6 Å². The molecule has 1 aromatic carbocycles. The summed E-state index contributed by atoms with van der Waals surface area (Å²) in [5.74, 6) is 2.30. The topological polar surface area (TPSA) is 110 Å². The van der Waals surface area contributed by atoms with Crippen LogP contribution in [0.2, 0.25) is 0 Å². The lowest BCUT2D eigenvalue weighted by Crippen LogP contribution is -2.46. The number of hydrogen-bond acceptors (Lipinski definition) is 8. The first-order valence-electron chi connectivity index (χ1n) is 12.5. The SMILES string of the molecule is CN1CC(COc2ccc3c(n2)sc2nc(-c4ccc(NC(=O)Nc5cc(C(C)(C)C)on5)cc4)cn23)C1. The number of aromatic nitrogens is 4. The highest BCUT2D eigenvalue weighted by molar-refractivity contribution is 7.23. The predicted molar refractivity (Wildman–Crippen MR) is 148 cm³/mol. The molecule has 2 N–H and O–H groups in total. The number of pyridine rings is 1. The quantitative estimate of drug-likeness (QED) is 0.299. The van der Waals surface area contributed by atoms with Crippen LogP contribution in [0, 0.1) is 5.92 Å². The van der Waals surface area contributed by atoms with Crippen LogP contribution in [0.15, 0.2) is 53.2 Å². The maximum atomic E-state index is 12.4. The lowest BCUT2D eigenvalue weighted by atomic mass is 9.93. The van der Waals surface area contributed by atoms with Gasteiger partial charge in [-0.15, -0.1) is 0 Å². The number of imidazole rings is 1. The normalized spacial score (nSPS) is 14.6. The number of urea groups is 1. The van der Waals surface area contributed by atoms with Gasteiger partial charge < -0.3 is 19.5 Å². The van der Waals surface area contributed by atoms with Gasteiger partial charge in [-0.3, -0.25) is 9.72 Å². The van der Waals surface area contributed by atoms with Gasteiger partial charge in [-0.05, 0) is 25.2 Å². The van der Waals surface area contributed by atoms with Crippen LogP contribution < -0.4 is 15.4 Å². The Morgan fingerprint density at radius 1 is 1.13 bits per heavy atom. The fourth-order valence-corrected chi connectivity index (χ4v) is 5.39. The van der Waals surface area contributed by atoms with Crippen LogP contribution in [0.5, 0.6) is 5.88 Å². The Morgan fingerprint density at radius 3 is 2.63 bits per heavy atom.